The summed E-state index contributed by atoms with van der Waals surface area (Å²) in [5.74, 6) is -3.62. The van der Waals surface area contributed by atoms with Crippen molar-refractivity contribution in [3.05, 3.63) is 34.6 Å². The molecule has 0 spiro atoms. The normalized spacial score (nSPS) is 26.2. The lowest BCUT2D eigenvalue weighted by Gasteiger charge is -2.35. The van der Waals surface area contributed by atoms with Crippen molar-refractivity contribution in [2.75, 3.05) is 12.3 Å². The standard InChI is InChI=1S/C20H27ClFN3O6S/c1-2-32(29,30)24-16-4-3-5-17(11-16)25-7-6-20(28,18(25)26)31-19(27)23-12-13-8-14(21)10-15(22)9-13/h8-10,16-17,24,28H,2-7,11-12H2,1H3,(H,23,27). The van der Waals surface area contributed by atoms with Gasteiger partial charge in [0.05, 0.1) is 5.75 Å². The summed E-state index contributed by atoms with van der Waals surface area (Å²) in [5, 5.41) is 13.2. The van der Waals surface area contributed by atoms with E-state index >= 15 is 0 Å². The summed E-state index contributed by atoms with van der Waals surface area (Å²) in [5.41, 5.74) is 0.390. The van der Waals surface area contributed by atoms with Gasteiger partial charge in [0.2, 0.25) is 10.0 Å². The Bertz CT molecular complexity index is 958. The van der Waals surface area contributed by atoms with E-state index in [1.165, 1.54) is 17.0 Å². The number of amides is 2. The van der Waals surface area contributed by atoms with E-state index < -0.39 is 33.6 Å². The van der Waals surface area contributed by atoms with Crippen LogP contribution in [0.15, 0.2) is 18.2 Å². The molecule has 178 valence electrons. The first-order chi connectivity index (χ1) is 15.0. The number of hydrogen-bond donors (Lipinski definition) is 3. The van der Waals surface area contributed by atoms with Crippen LogP contribution in [0.2, 0.25) is 5.02 Å². The van der Waals surface area contributed by atoms with E-state index in [1.54, 1.807) is 6.92 Å². The van der Waals surface area contributed by atoms with Gasteiger partial charge in [0.1, 0.15) is 5.82 Å². The molecule has 3 unspecified atom stereocenters. The van der Waals surface area contributed by atoms with E-state index in [0.29, 0.717) is 24.8 Å². The number of sulfonamides is 1. The van der Waals surface area contributed by atoms with Crippen LogP contribution in [-0.4, -0.2) is 60.6 Å². The van der Waals surface area contributed by atoms with Gasteiger partial charge in [0.15, 0.2) is 0 Å². The third-order valence-electron chi connectivity index (χ3n) is 5.72. The molecule has 2 aliphatic rings. The van der Waals surface area contributed by atoms with Gasteiger partial charge in [-0.1, -0.05) is 11.6 Å². The Morgan fingerprint density at radius 3 is 2.81 bits per heavy atom. The smallest absolute Gasteiger partial charge is 0.407 e. The summed E-state index contributed by atoms with van der Waals surface area (Å²) in [6.07, 6.45) is 1.35. The minimum Gasteiger partial charge on any atom is -0.407 e. The first-order valence-corrected chi connectivity index (χ1v) is 12.5. The molecule has 3 N–H and O–H groups in total. The SMILES string of the molecule is CCS(=O)(=O)NC1CCCC(N2CCC(O)(OC(=O)NCc3cc(F)cc(Cl)c3)C2=O)C1. The van der Waals surface area contributed by atoms with Crippen LogP contribution in [0.25, 0.3) is 0 Å². The molecule has 0 bridgehead atoms. The summed E-state index contributed by atoms with van der Waals surface area (Å²) in [4.78, 5) is 26.4. The Hall–Kier alpha value is -1.95. The highest BCUT2D eigenvalue weighted by Gasteiger charge is 2.51. The number of aliphatic hydroxyl groups is 1. The number of benzene rings is 1. The molecule has 1 heterocycles. The van der Waals surface area contributed by atoms with Crippen LogP contribution < -0.4 is 10.0 Å². The summed E-state index contributed by atoms with van der Waals surface area (Å²) < 4.78 is 44.8. The second-order valence-corrected chi connectivity index (χ2v) is 10.6. The number of nitrogens with zero attached hydrogens (tertiary/aromatic N) is 1. The predicted octanol–water partition coefficient (Wildman–Crippen LogP) is 1.88. The number of rotatable bonds is 7. The van der Waals surface area contributed by atoms with Crippen LogP contribution in [0.5, 0.6) is 0 Å². The largest absolute Gasteiger partial charge is 0.410 e. The lowest BCUT2D eigenvalue weighted by molar-refractivity contribution is -0.183. The van der Waals surface area contributed by atoms with E-state index in [9.17, 15) is 27.5 Å². The molecule has 12 heteroatoms. The Balaban J connectivity index is 1.56. The molecule has 9 nitrogen and oxygen atoms in total. The maximum atomic E-state index is 13.4. The van der Waals surface area contributed by atoms with Crippen molar-refractivity contribution in [2.45, 2.75) is 63.4 Å². The summed E-state index contributed by atoms with van der Waals surface area (Å²) in [6, 6.07) is 3.23. The predicted molar refractivity (Wildman–Crippen MR) is 115 cm³/mol. The zero-order chi connectivity index (χ0) is 23.5. The van der Waals surface area contributed by atoms with E-state index in [4.69, 9.17) is 16.3 Å². The molecule has 1 aromatic rings. The highest BCUT2D eigenvalue weighted by molar-refractivity contribution is 7.89. The van der Waals surface area contributed by atoms with Gasteiger partial charge in [0, 0.05) is 36.6 Å². The fraction of sp³-hybridized carbons (Fsp3) is 0.600. The van der Waals surface area contributed by atoms with E-state index in [1.807, 2.05) is 0 Å². The minimum absolute atomic E-state index is 0.0264. The van der Waals surface area contributed by atoms with Gasteiger partial charge >= 0.3 is 6.09 Å². The number of alkyl carbamates (subject to hydrolysis) is 1. The second-order valence-electron chi connectivity index (χ2n) is 8.09. The van der Waals surface area contributed by atoms with Crippen LogP contribution in [0, 0.1) is 5.82 Å². The highest BCUT2D eigenvalue weighted by atomic mass is 35.5. The van der Waals surface area contributed by atoms with Crippen LogP contribution >= 0.6 is 11.6 Å². The summed E-state index contributed by atoms with van der Waals surface area (Å²) in [6.45, 7) is 1.63. The van der Waals surface area contributed by atoms with E-state index in [2.05, 4.69) is 10.0 Å². The fourth-order valence-corrected chi connectivity index (χ4v) is 5.25. The highest BCUT2D eigenvalue weighted by Crippen LogP contribution is 2.32. The zero-order valence-electron chi connectivity index (χ0n) is 17.6. The van der Waals surface area contributed by atoms with Gasteiger partial charge in [-0.25, -0.2) is 22.3 Å². The lowest BCUT2D eigenvalue weighted by atomic mass is 9.90. The number of carbonyl (C=O) groups is 2. The average Bonchev–Trinajstić information content (AvgIpc) is 3.00. The lowest BCUT2D eigenvalue weighted by Crippen LogP contribution is -2.51. The summed E-state index contributed by atoms with van der Waals surface area (Å²) in [7, 11) is -3.37. The molecular weight excluding hydrogens is 465 g/mol. The van der Waals surface area contributed by atoms with Crippen molar-refractivity contribution in [3.63, 3.8) is 0 Å². The molecule has 3 atom stereocenters. The maximum absolute atomic E-state index is 13.4. The maximum Gasteiger partial charge on any atom is 0.410 e. The second kappa shape index (κ2) is 9.90. The van der Waals surface area contributed by atoms with Crippen molar-refractivity contribution in [3.8, 4) is 0 Å². The number of likely N-dealkylation sites (tertiary alicyclic amines) is 1. The van der Waals surface area contributed by atoms with Gasteiger partial charge in [-0.3, -0.25) is 4.79 Å². The number of halogens is 2. The van der Waals surface area contributed by atoms with E-state index in [0.717, 1.165) is 12.5 Å². The zero-order valence-corrected chi connectivity index (χ0v) is 19.2. The first kappa shape index (κ1) is 24.7. The number of hydrogen-bond acceptors (Lipinski definition) is 6. The van der Waals surface area contributed by atoms with Crippen molar-refractivity contribution in [2.24, 2.45) is 0 Å². The van der Waals surface area contributed by atoms with Crippen molar-refractivity contribution in [1.82, 2.24) is 14.9 Å². The number of nitrogens with one attached hydrogen (secondary N) is 2. The van der Waals surface area contributed by atoms with Crippen molar-refractivity contribution in [1.29, 1.82) is 0 Å². The van der Waals surface area contributed by atoms with Crippen LogP contribution in [0.1, 0.15) is 44.6 Å². The van der Waals surface area contributed by atoms with Crippen molar-refractivity contribution >= 4 is 33.6 Å². The molecule has 32 heavy (non-hydrogen) atoms. The molecular formula is C20H27ClFN3O6S. The van der Waals surface area contributed by atoms with Gasteiger partial charge in [-0.05, 0) is 56.4 Å². The summed E-state index contributed by atoms with van der Waals surface area (Å²) >= 11 is 5.78. The van der Waals surface area contributed by atoms with Crippen LogP contribution in [0.3, 0.4) is 0 Å². The topological polar surface area (TPSA) is 125 Å². The third-order valence-corrected chi connectivity index (χ3v) is 7.39. The molecule has 1 saturated carbocycles. The van der Waals surface area contributed by atoms with Gasteiger partial charge in [-0.2, -0.15) is 0 Å². The molecule has 2 amide bonds. The Morgan fingerprint density at radius 1 is 1.38 bits per heavy atom. The molecule has 1 aromatic carbocycles. The molecule has 2 fully saturated rings. The fourth-order valence-electron chi connectivity index (χ4n) is 4.12. The Morgan fingerprint density at radius 2 is 2.12 bits per heavy atom. The van der Waals surface area contributed by atoms with Gasteiger partial charge in [0.25, 0.3) is 11.7 Å². The Kier molecular flexibility index (Phi) is 7.64. The first-order valence-electron chi connectivity index (χ1n) is 10.5. The molecule has 0 aromatic heterocycles. The molecule has 1 aliphatic heterocycles. The average molecular weight is 492 g/mol. The molecule has 1 saturated heterocycles. The monoisotopic (exact) mass is 491 g/mol. The molecule has 3 rings (SSSR count). The van der Waals surface area contributed by atoms with Gasteiger partial charge < -0.3 is 20.1 Å². The van der Waals surface area contributed by atoms with Crippen LogP contribution in [0.4, 0.5) is 9.18 Å². The van der Waals surface area contributed by atoms with Gasteiger partial charge in [-0.15, -0.1) is 0 Å². The van der Waals surface area contributed by atoms with Crippen molar-refractivity contribution < 1.29 is 32.2 Å². The third kappa shape index (κ3) is 6.09. The van der Waals surface area contributed by atoms with Crippen LogP contribution in [-0.2, 0) is 26.1 Å². The number of carbonyl (C=O) groups excluding carboxylic acids is 2. The molecule has 0 radical (unpaired) electrons. The quantitative estimate of drug-likeness (QED) is 0.500. The minimum atomic E-state index is -3.37. The van der Waals surface area contributed by atoms with E-state index in [-0.39, 0.29) is 42.4 Å². The number of ether oxygens (including phenoxy) is 1. The molecule has 1 aliphatic carbocycles. The Labute approximate surface area is 191 Å².